The first-order valence-corrected chi connectivity index (χ1v) is 7.21. The van der Waals surface area contributed by atoms with Crippen molar-refractivity contribution in [3.63, 3.8) is 0 Å². The minimum Gasteiger partial charge on any atom is -0.384 e. The van der Waals surface area contributed by atoms with E-state index in [-0.39, 0.29) is 10.6 Å². The van der Waals surface area contributed by atoms with Crippen LogP contribution in [0.5, 0.6) is 0 Å². The second-order valence-corrected chi connectivity index (χ2v) is 5.83. The number of hydrogen-bond donors (Lipinski definition) is 1. The molecule has 1 aliphatic rings. The lowest BCUT2D eigenvalue weighted by Crippen LogP contribution is -2.29. The van der Waals surface area contributed by atoms with Crippen LogP contribution in [-0.2, 0) is 0 Å². The van der Waals surface area contributed by atoms with Gasteiger partial charge in [0.25, 0.3) is 5.69 Å². The summed E-state index contributed by atoms with van der Waals surface area (Å²) in [6.45, 7) is 9.39. The number of hydrogen-bond acceptors (Lipinski definition) is 4. The van der Waals surface area contributed by atoms with Crippen molar-refractivity contribution in [1.82, 2.24) is 4.90 Å². The smallest absolute Gasteiger partial charge is 0.274 e. The number of nitrogens with zero attached hydrogens (tertiary/aromatic N) is 2. The average Bonchev–Trinajstić information content (AvgIpc) is 2.86. The fourth-order valence-corrected chi connectivity index (χ4v) is 2.77. The van der Waals surface area contributed by atoms with Crippen molar-refractivity contribution >= 4 is 11.4 Å². The molecule has 0 spiro atoms. The summed E-state index contributed by atoms with van der Waals surface area (Å²) in [7, 11) is 0. The molecule has 0 bridgehead atoms. The summed E-state index contributed by atoms with van der Waals surface area (Å²) in [6.07, 6.45) is 1.19. The van der Waals surface area contributed by atoms with Gasteiger partial charge in [-0.05, 0) is 45.7 Å². The molecule has 5 heteroatoms. The van der Waals surface area contributed by atoms with Gasteiger partial charge in [-0.2, -0.15) is 0 Å². The van der Waals surface area contributed by atoms with Gasteiger partial charge in [-0.1, -0.05) is 6.07 Å². The maximum Gasteiger partial charge on any atom is 0.274 e. The fraction of sp³-hybridized carbons (Fsp3) is 0.600. The molecule has 0 amide bonds. The summed E-state index contributed by atoms with van der Waals surface area (Å²) in [4.78, 5) is 13.1. The van der Waals surface area contributed by atoms with E-state index in [1.54, 1.807) is 19.1 Å². The normalized spacial score (nSPS) is 19.5. The van der Waals surface area contributed by atoms with Crippen LogP contribution in [0, 0.1) is 23.0 Å². The first-order chi connectivity index (χ1) is 9.49. The lowest BCUT2D eigenvalue weighted by molar-refractivity contribution is -0.385. The molecule has 1 aromatic rings. The average molecular weight is 277 g/mol. The van der Waals surface area contributed by atoms with E-state index in [2.05, 4.69) is 24.1 Å². The molecule has 1 fully saturated rings. The van der Waals surface area contributed by atoms with E-state index in [4.69, 9.17) is 0 Å². The van der Waals surface area contributed by atoms with Crippen molar-refractivity contribution in [3.05, 3.63) is 33.9 Å². The van der Waals surface area contributed by atoms with Crippen LogP contribution in [0.15, 0.2) is 18.2 Å². The monoisotopic (exact) mass is 277 g/mol. The van der Waals surface area contributed by atoms with E-state index in [0.29, 0.717) is 12.0 Å². The molecule has 0 aromatic heterocycles. The minimum absolute atomic E-state index is 0.185. The topological polar surface area (TPSA) is 58.4 Å². The Hall–Kier alpha value is -1.62. The Kier molecular flexibility index (Phi) is 4.60. The highest BCUT2D eigenvalue weighted by molar-refractivity contribution is 5.59. The lowest BCUT2D eigenvalue weighted by atomic mass is 10.1. The number of benzene rings is 1. The molecule has 5 nitrogen and oxygen atoms in total. The van der Waals surface area contributed by atoms with E-state index < -0.39 is 0 Å². The van der Waals surface area contributed by atoms with Gasteiger partial charge in [0.2, 0.25) is 0 Å². The van der Waals surface area contributed by atoms with Gasteiger partial charge in [0.15, 0.2) is 0 Å². The molecule has 1 unspecified atom stereocenters. The van der Waals surface area contributed by atoms with Gasteiger partial charge in [0.05, 0.1) is 4.92 Å². The van der Waals surface area contributed by atoms with Gasteiger partial charge < -0.3 is 10.2 Å². The van der Waals surface area contributed by atoms with Crippen molar-refractivity contribution in [3.8, 4) is 0 Å². The second kappa shape index (κ2) is 6.22. The van der Waals surface area contributed by atoms with Crippen LogP contribution in [0.3, 0.4) is 0 Å². The van der Waals surface area contributed by atoms with Crippen molar-refractivity contribution in [2.24, 2.45) is 5.92 Å². The first-order valence-electron chi connectivity index (χ1n) is 7.21. The molecule has 1 aromatic carbocycles. The third-order valence-electron chi connectivity index (χ3n) is 4.13. The molecule has 0 radical (unpaired) electrons. The molecule has 1 N–H and O–H groups in total. The third-order valence-corrected chi connectivity index (χ3v) is 4.13. The highest BCUT2D eigenvalue weighted by Crippen LogP contribution is 2.26. The van der Waals surface area contributed by atoms with Gasteiger partial charge in [0, 0.05) is 36.4 Å². The van der Waals surface area contributed by atoms with Crippen LogP contribution >= 0.6 is 0 Å². The van der Waals surface area contributed by atoms with Gasteiger partial charge in [-0.25, -0.2) is 0 Å². The summed E-state index contributed by atoms with van der Waals surface area (Å²) >= 11 is 0. The molecule has 20 heavy (non-hydrogen) atoms. The van der Waals surface area contributed by atoms with Gasteiger partial charge in [-0.3, -0.25) is 10.1 Å². The quantitative estimate of drug-likeness (QED) is 0.664. The first kappa shape index (κ1) is 14.8. The van der Waals surface area contributed by atoms with Crippen LogP contribution in [-0.4, -0.2) is 35.5 Å². The van der Waals surface area contributed by atoms with E-state index in [9.17, 15) is 10.1 Å². The van der Waals surface area contributed by atoms with Gasteiger partial charge in [-0.15, -0.1) is 0 Å². The molecular weight excluding hydrogens is 254 g/mol. The molecule has 2 rings (SSSR count). The van der Waals surface area contributed by atoms with Crippen molar-refractivity contribution in [2.45, 2.75) is 33.2 Å². The van der Waals surface area contributed by atoms with E-state index in [1.807, 2.05) is 6.07 Å². The van der Waals surface area contributed by atoms with Gasteiger partial charge >= 0.3 is 0 Å². The minimum atomic E-state index is -0.323. The number of rotatable bonds is 5. The predicted molar refractivity (Wildman–Crippen MR) is 81.1 cm³/mol. The lowest BCUT2D eigenvalue weighted by Gasteiger charge is -2.20. The number of likely N-dealkylation sites (tertiary alicyclic amines) is 1. The highest BCUT2D eigenvalue weighted by Gasteiger charge is 2.24. The summed E-state index contributed by atoms with van der Waals surface area (Å²) < 4.78 is 0. The Labute approximate surface area is 120 Å². The van der Waals surface area contributed by atoms with Crippen molar-refractivity contribution in [2.75, 3.05) is 25.0 Å². The summed E-state index contributed by atoms with van der Waals surface area (Å²) in [5.74, 6) is 0.621. The Morgan fingerprint density at radius 3 is 2.85 bits per heavy atom. The number of anilines is 1. The predicted octanol–water partition coefficient (Wildman–Crippen LogP) is 3.05. The number of nitro groups is 1. The molecule has 1 heterocycles. The molecule has 1 aliphatic heterocycles. The molecular formula is C15H23N3O2. The van der Waals surface area contributed by atoms with Crippen LogP contribution in [0.25, 0.3) is 0 Å². The maximum absolute atomic E-state index is 10.9. The van der Waals surface area contributed by atoms with E-state index in [1.165, 1.54) is 6.42 Å². The molecule has 1 saturated heterocycles. The zero-order valence-electron chi connectivity index (χ0n) is 12.4. The Morgan fingerprint density at radius 2 is 2.25 bits per heavy atom. The van der Waals surface area contributed by atoms with Crippen LogP contribution in [0.2, 0.25) is 0 Å². The summed E-state index contributed by atoms with van der Waals surface area (Å²) in [5, 5.41) is 14.3. The van der Waals surface area contributed by atoms with Crippen LogP contribution < -0.4 is 5.32 Å². The second-order valence-electron chi connectivity index (χ2n) is 5.83. The van der Waals surface area contributed by atoms with Gasteiger partial charge in [0.1, 0.15) is 0 Å². The zero-order chi connectivity index (χ0) is 14.7. The van der Waals surface area contributed by atoms with Crippen LogP contribution in [0.4, 0.5) is 11.4 Å². The Bertz CT molecular complexity index is 488. The number of nitrogens with one attached hydrogen (secondary N) is 1. The zero-order valence-corrected chi connectivity index (χ0v) is 12.4. The largest absolute Gasteiger partial charge is 0.384 e. The van der Waals surface area contributed by atoms with Crippen LogP contribution in [0.1, 0.15) is 25.8 Å². The summed E-state index contributed by atoms with van der Waals surface area (Å²) in [5.41, 5.74) is 1.78. The van der Waals surface area contributed by atoms with E-state index >= 15 is 0 Å². The number of nitro benzene ring substituents is 1. The Morgan fingerprint density at radius 1 is 1.50 bits per heavy atom. The van der Waals surface area contributed by atoms with E-state index in [0.717, 1.165) is 30.9 Å². The SMILES string of the molecule is Cc1c(NCC2CCN(C(C)C)C2)cccc1[N+](=O)[O-]. The molecule has 0 saturated carbocycles. The molecule has 110 valence electrons. The molecule has 0 aliphatic carbocycles. The molecule has 1 atom stereocenters. The summed E-state index contributed by atoms with van der Waals surface area (Å²) in [6, 6.07) is 5.80. The van der Waals surface area contributed by atoms with Crippen molar-refractivity contribution in [1.29, 1.82) is 0 Å². The maximum atomic E-state index is 10.9. The highest BCUT2D eigenvalue weighted by atomic mass is 16.6. The standard InChI is InChI=1S/C15H23N3O2/c1-11(2)17-8-7-13(10-17)9-16-14-5-4-6-15(12(14)3)18(19)20/h4-6,11,13,16H,7-10H2,1-3H3. The van der Waals surface area contributed by atoms with Crippen molar-refractivity contribution < 1.29 is 4.92 Å². The Balaban J connectivity index is 1.95. The fourth-order valence-electron chi connectivity index (χ4n) is 2.77. The third kappa shape index (κ3) is 3.28.